The molecule has 1 unspecified atom stereocenters. The standard InChI is InChI=1S/C11H14ClFO2/c1-6(5-14)8-4-9(12)10(13)7(2)11(8)15-3/h4,6,14H,5H2,1-3H3. The quantitative estimate of drug-likeness (QED) is 0.869. The van der Waals surface area contributed by atoms with E-state index in [1.54, 1.807) is 6.92 Å². The monoisotopic (exact) mass is 232 g/mol. The van der Waals surface area contributed by atoms with Crippen molar-refractivity contribution in [1.82, 2.24) is 0 Å². The lowest BCUT2D eigenvalue weighted by atomic mass is 9.98. The van der Waals surface area contributed by atoms with E-state index < -0.39 is 5.82 Å². The number of ether oxygens (including phenoxy) is 1. The van der Waals surface area contributed by atoms with E-state index >= 15 is 0 Å². The van der Waals surface area contributed by atoms with Gasteiger partial charge in [-0.2, -0.15) is 0 Å². The third kappa shape index (κ3) is 2.24. The Labute approximate surface area is 93.6 Å². The minimum Gasteiger partial charge on any atom is -0.496 e. The van der Waals surface area contributed by atoms with Gasteiger partial charge in [0.05, 0.1) is 12.1 Å². The Kier molecular flexibility index (Phi) is 3.94. The molecular formula is C11H14ClFO2. The van der Waals surface area contributed by atoms with E-state index in [1.165, 1.54) is 13.2 Å². The number of benzene rings is 1. The Balaban J connectivity index is 3.38. The van der Waals surface area contributed by atoms with Crippen LogP contribution in [0.3, 0.4) is 0 Å². The summed E-state index contributed by atoms with van der Waals surface area (Å²) in [5, 5.41) is 9.13. The van der Waals surface area contributed by atoms with Crippen LogP contribution in [0.15, 0.2) is 6.07 Å². The van der Waals surface area contributed by atoms with Crippen LogP contribution in [0.2, 0.25) is 5.02 Å². The molecule has 0 aromatic heterocycles. The van der Waals surface area contributed by atoms with Crippen LogP contribution in [-0.2, 0) is 0 Å². The third-order valence-electron chi connectivity index (χ3n) is 2.43. The maximum atomic E-state index is 13.5. The van der Waals surface area contributed by atoms with Crippen molar-refractivity contribution in [3.05, 3.63) is 28.0 Å². The highest BCUT2D eigenvalue weighted by molar-refractivity contribution is 6.31. The van der Waals surface area contributed by atoms with Crippen molar-refractivity contribution in [1.29, 1.82) is 0 Å². The fraction of sp³-hybridized carbons (Fsp3) is 0.455. The lowest BCUT2D eigenvalue weighted by Gasteiger charge is -2.16. The molecule has 1 atom stereocenters. The molecule has 1 N–H and O–H groups in total. The predicted octanol–water partition coefficient (Wildman–Crippen LogP) is 2.89. The largest absolute Gasteiger partial charge is 0.496 e. The van der Waals surface area contributed by atoms with E-state index in [4.69, 9.17) is 21.4 Å². The number of halogens is 2. The average Bonchev–Trinajstić information content (AvgIpc) is 2.24. The van der Waals surface area contributed by atoms with Crippen molar-refractivity contribution < 1.29 is 14.2 Å². The van der Waals surface area contributed by atoms with Gasteiger partial charge >= 0.3 is 0 Å². The second kappa shape index (κ2) is 4.81. The van der Waals surface area contributed by atoms with Crippen LogP contribution in [0.4, 0.5) is 4.39 Å². The third-order valence-corrected chi connectivity index (χ3v) is 2.71. The number of methoxy groups -OCH3 is 1. The second-order valence-electron chi connectivity index (χ2n) is 3.50. The summed E-state index contributed by atoms with van der Waals surface area (Å²) in [6.07, 6.45) is 0. The van der Waals surface area contributed by atoms with Gasteiger partial charge in [0.15, 0.2) is 0 Å². The first kappa shape index (κ1) is 12.3. The van der Waals surface area contributed by atoms with E-state index in [-0.39, 0.29) is 17.5 Å². The summed E-state index contributed by atoms with van der Waals surface area (Å²) in [5.74, 6) is -0.141. The average molecular weight is 233 g/mol. The zero-order valence-electron chi connectivity index (χ0n) is 8.97. The maximum absolute atomic E-state index is 13.5. The molecule has 0 heterocycles. The molecule has 2 nitrogen and oxygen atoms in total. The lowest BCUT2D eigenvalue weighted by molar-refractivity contribution is 0.269. The molecular weight excluding hydrogens is 219 g/mol. The molecule has 0 fully saturated rings. The summed E-state index contributed by atoms with van der Waals surface area (Å²) >= 11 is 5.74. The van der Waals surface area contributed by atoms with Gasteiger partial charge in [0.2, 0.25) is 0 Å². The van der Waals surface area contributed by atoms with Crippen LogP contribution in [0, 0.1) is 12.7 Å². The first-order valence-corrected chi connectivity index (χ1v) is 5.04. The van der Waals surface area contributed by atoms with Crippen LogP contribution in [0.1, 0.15) is 24.0 Å². The molecule has 1 aromatic rings. The van der Waals surface area contributed by atoms with E-state index in [1.807, 2.05) is 6.92 Å². The first-order valence-electron chi connectivity index (χ1n) is 4.66. The molecule has 0 saturated heterocycles. The van der Waals surface area contributed by atoms with Crippen LogP contribution >= 0.6 is 11.6 Å². The van der Waals surface area contributed by atoms with E-state index in [0.717, 1.165) is 5.56 Å². The van der Waals surface area contributed by atoms with Gasteiger partial charge in [-0.3, -0.25) is 0 Å². The molecule has 0 spiro atoms. The summed E-state index contributed by atoms with van der Waals surface area (Å²) in [4.78, 5) is 0. The van der Waals surface area contributed by atoms with Crippen molar-refractivity contribution in [2.24, 2.45) is 0 Å². The molecule has 15 heavy (non-hydrogen) atoms. The summed E-state index contributed by atoms with van der Waals surface area (Å²) in [6.45, 7) is 3.40. The highest BCUT2D eigenvalue weighted by Gasteiger charge is 2.18. The number of aliphatic hydroxyl groups excluding tert-OH is 1. The van der Waals surface area contributed by atoms with Crippen molar-refractivity contribution in [2.45, 2.75) is 19.8 Å². The van der Waals surface area contributed by atoms with Crippen LogP contribution < -0.4 is 4.74 Å². The Morgan fingerprint density at radius 3 is 2.67 bits per heavy atom. The van der Waals surface area contributed by atoms with Crippen molar-refractivity contribution in [3.8, 4) is 5.75 Å². The van der Waals surface area contributed by atoms with Crippen LogP contribution in [0.25, 0.3) is 0 Å². The topological polar surface area (TPSA) is 29.5 Å². The van der Waals surface area contributed by atoms with Gasteiger partial charge in [-0.25, -0.2) is 4.39 Å². The van der Waals surface area contributed by atoms with Gasteiger partial charge < -0.3 is 9.84 Å². The Hall–Kier alpha value is -0.800. The molecule has 0 aliphatic heterocycles. The van der Waals surface area contributed by atoms with Crippen LogP contribution in [-0.4, -0.2) is 18.8 Å². The number of aliphatic hydroxyl groups is 1. The molecule has 1 rings (SSSR count). The van der Waals surface area contributed by atoms with Crippen molar-refractivity contribution in [3.63, 3.8) is 0 Å². The van der Waals surface area contributed by atoms with Crippen molar-refractivity contribution >= 4 is 11.6 Å². The van der Waals surface area contributed by atoms with Gasteiger partial charge in [0.1, 0.15) is 11.6 Å². The fourth-order valence-corrected chi connectivity index (χ4v) is 1.76. The maximum Gasteiger partial charge on any atom is 0.148 e. The van der Waals surface area contributed by atoms with Crippen molar-refractivity contribution in [2.75, 3.05) is 13.7 Å². The zero-order chi connectivity index (χ0) is 11.6. The lowest BCUT2D eigenvalue weighted by Crippen LogP contribution is -2.05. The smallest absolute Gasteiger partial charge is 0.148 e. The highest BCUT2D eigenvalue weighted by atomic mass is 35.5. The molecule has 0 radical (unpaired) electrons. The normalized spacial score (nSPS) is 12.7. The predicted molar refractivity (Wildman–Crippen MR) is 58.2 cm³/mol. The van der Waals surface area contributed by atoms with Gasteiger partial charge in [-0.15, -0.1) is 0 Å². The van der Waals surface area contributed by atoms with Crippen LogP contribution in [0.5, 0.6) is 5.75 Å². The molecule has 0 aliphatic rings. The van der Waals surface area contributed by atoms with E-state index in [9.17, 15) is 4.39 Å². The number of rotatable bonds is 3. The summed E-state index contributed by atoms with van der Waals surface area (Å²) in [5.41, 5.74) is 1.10. The Morgan fingerprint density at radius 2 is 2.20 bits per heavy atom. The van der Waals surface area contributed by atoms with Gasteiger partial charge in [-0.1, -0.05) is 18.5 Å². The Bertz CT molecular complexity index is 366. The fourth-order valence-electron chi connectivity index (χ4n) is 1.50. The number of hydrogen-bond acceptors (Lipinski definition) is 2. The van der Waals surface area contributed by atoms with E-state index in [0.29, 0.717) is 11.3 Å². The molecule has 0 bridgehead atoms. The number of hydrogen-bond donors (Lipinski definition) is 1. The van der Waals surface area contributed by atoms with Gasteiger partial charge in [-0.05, 0) is 13.0 Å². The molecule has 0 saturated carbocycles. The minimum atomic E-state index is -0.470. The molecule has 84 valence electrons. The first-order chi connectivity index (χ1) is 7.02. The molecule has 0 amide bonds. The van der Waals surface area contributed by atoms with Gasteiger partial charge in [0.25, 0.3) is 0 Å². The van der Waals surface area contributed by atoms with Gasteiger partial charge in [0, 0.05) is 23.7 Å². The Morgan fingerprint density at radius 1 is 1.60 bits per heavy atom. The van der Waals surface area contributed by atoms with E-state index in [2.05, 4.69) is 0 Å². The second-order valence-corrected chi connectivity index (χ2v) is 3.91. The summed E-state index contributed by atoms with van der Waals surface area (Å²) < 4.78 is 18.6. The summed E-state index contributed by atoms with van der Waals surface area (Å²) in [7, 11) is 1.48. The molecule has 4 heteroatoms. The SMILES string of the molecule is COc1c(C(C)CO)cc(Cl)c(F)c1C. The minimum absolute atomic E-state index is 0.0300. The highest BCUT2D eigenvalue weighted by Crippen LogP contribution is 2.35. The zero-order valence-corrected chi connectivity index (χ0v) is 9.73. The molecule has 1 aromatic carbocycles. The molecule has 0 aliphatic carbocycles. The summed E-state index contributed by atoms with van der Waals surface area (Å²) in [6, 6.07) is 1.50.